The summed E-state index contributed by atoms with van der Waals surface area (Å²) in [5.41, 5.74) is 4.35. The maximum absolute atomic E-state index is 13.2. The van der Waals surface area contributed by atoms with E-state index in [1.165, 1.54) is 0 Å². The second kappa shape index (κ2) is 11.9. The molecule has 1 heterocycles. The fourth-order valence-electron chi connectivity index (χ4n) is 3.87. The van der Waals surface area contributed by atoms with Crippen molar-refractivity contribution in [3.05, 3.63) is 126 Å². The summed E-state index contributed by atoms with van der Waals surface area (Å²) in [6, 6.07) is 32.1. The molecule has 0 N–H and O–H groups in total. The Morgan fingerprint density at radius 1 is 0.794 bits per heavy atom. The zero-order valence-corrected chi connectivity index (χ0v) is 19.5. The van der Waals surface area contributed by atoms with Crippen LogP contribution in [0, 0.1) is 0 Å². The maximum atomic E-state index is 13.2. The summed E-state index contributed by atoms with van der Waals surface area (Å²) in [6.45, 7) is 2.19. The van der Waals surface area contributed by atoms with Gasteiger partial charge in [-0.1, -0.05) is 72.8 Å². The van der Waals surface area contributed by atoms with Crippen LogP contribution in [-0.4, -0.2) is 29.1 Å². The highest BCUT2D eigenvalue weighted by molar-refractivity contribution is 5.77. The number of carbonyl (C=O) groups excluding carboxylic acids is 1. The van der Waals surface area contributed by atoms with Crippen LogP contribution in [-0.2, 0) is 35.8 Å². The highest BCUT2D eigenvalue weighted by Crippen LogP contribution is 2.17. The summed E-state index contributed by atoms with van der Waals surface area (Å²) >= 11 is 0. The van der Waals surface area contributed by atoms with Crippen LogP contribution in [0.25, 0.3) is 0 Å². The lowest BCUT2D eigenvalue weighted by Crippen LogP contribution is -2.34. The van der Waals surface area contributed by atoms with E-state index in [4.69, 9.17) is 9.47 Å². The number of methoxy groups -OCH3 is 1. The molecule has 1 aromatic heterocycles. The molecule has 4 aromatic rings. The van der Waals surface area contributed by atoms with Crippen LogP contribution in [0.3, 0.4) is 0 Å². The van der Waals surface area contributed by atoms with Gasteiger partial charge in [-0.15, -0.1) is 0 Å². The molecule has 0 aliphatic carbocycles. The van der Waals surface area contributed by atoms with Gasteiger partial charge < -0.3 is 18.9 Å². The molecule has 34 heavy (non-hydrogen) atoms. The third-order valence-electron chi connectivity index (χ3n) is 5.67. The molecule has 0 aliphatic rings. The van der Waals surface area contributed by atoms with Crippen molar-refractivity contribution in [2.45, 2.75) is 26.2 Å². The molecular weight excluding hydrogens is 424 g/mol. The van der Waals surface area contributed by atoms with E-state index in [9.17, 15) is 4.79 Å². The SMILES string of the molecule is COc1cccc(Cn2cccc2CN(Cc2ccccc2)C(=O)COCc2ccccc2)c1. The number of ether oxygens (including phenoxy) is 2. The molecule has 5 nitrogen and oxygen atoms in total. The van der Waals surface area contributed by atoms with Crippen LogP contribution >= 0.6 is 0 Å². The Kier molecular flexibility index (Phi) is 8.14. The van der Waals surface area contributed by atoms with Gasteiger partial charge in [-0.25, -0.2) is 0 Å². The van der Waals surface area contributed by atoms with Gasteiger partial charge in [0.15, 0.2) is 0 Å². The zero-order valence-electron chi connectivity index (χ0n) is 19.5. The lowest BCUT2D eigenvalue weighted by atomic mass is 10.2. The van der Waals surface area contributed by atoms with Crippen molar-refractivity contribution in [1.29, 1.82) is 0 Å². The van der Waals surface area contributed by atoms with Gasteiger partial charge in [-0.05, 0) is 41.0 Å². The fourth-order valence-corrected chi connectivity index (χ4v) is 3.87. The monoisotopic (exact) mass is 454 g/mol. The van der Waals surface area contributed by atoms with Gasteiger partial charge >= 0.3 is 0 Å². The summed E-state index contributed by atoms with van der Waals surface area (Å²) in [6.07, 6.45) is 2.05. The summed E-state index contributed by atoms with van der Waals surface area (Å²) in [5, 5.41) is 0. The van der Waals surface area contributed by atoms with E-state index in [0.29, 0.717) is 26.2 Å². The van der Waals surface area contributed by atoms with E-state index in [1.807, 2.05) is 96.0 Å². The summed E-state index contributed by atoms with van der Waals surface area (Å²) < 4.78 is 13.3. The Hall–Kier alpha value is -3.83. The van der Waals surface area contributed by atoms with E-state index >= 15 is 0 Å². The van der Waals surface area contributed by atoms with Crippen molar-refractivity contribution in [1.82, 2.24) is 9.47 Å². The topological polar surface area (TPSA) is 43.7 Å². The number of amides is 1. The smallest absolute Gasteiger partial charge is 0.249 e. The van der Waals surface area contributed by atoms with Gasteiger partial charge in [0.2, 0.25) is 5.91 Å². The lowest BCUT2D eigenvalue weighted by molar-refractivity contribution is -0.138. The highest BCUT2D eigenvalue weighted by atomic mass is 16.5. The predicted octanol–water partition coefficient (Wildman–Crippen LogP) is 5.29. The first-order valence-electron chi connectivity index (χ1n) is 11.4. The lowest BCUT2D eigenvalue weighted by Gasteiger charge is -2.24. The third kappa shape index (κ3) is 6.59. The first-order chi connectivity index (χ1) is 16.7. The fraction of sp³-hybridized carbons (Fsp3) is 0.207. The van der Waals surface area contributed by atoms with Crippen molar-refractivity contribution in [3.8, 4) is 5.75 Å². The summed E-state index contributed by atoms with van der Waals surface area (Å²) in [5.74, 6) is 0.802. The average molecular weight is 455 g/mol. The Bertz CT molecular complexity index is 1170. The van der Waals surface area contributed by atoms with E-state index in [2.05, 4.69) is 16.7 Å². The largest absolute Gasteiger partial charge is 0.497 e. The Morgan fingerprint density at radius 3 is 2.24 bits per heavy atom. The van der Waals surface area contributed by atoms with Gasteiger partial charge in [0.1, 0.15) is 12.4 Å². The number of rotatable bonds is 11. The second-order valence-electron chi connectivity index (χ2n) is 8.19. The van der Waals surface area contributed by atoms with Crippen molar-refractivity contribution in [3.63, 3.8) is 0 Å². The minimum atomic E-state index is -0.0334. The average Bonchev–Trinajstić information content (AvgIpc) is 3.31. The van der Waals surface area contributed by atoms with Crippen LogP contribution in [0.15, 0.2) is 103 Å². The number of aromatic nitrogens is 1. The van der Waals surface area contributed by atoms with Crippen molar-refractivity contribution in [2.75, 3.05) is 13.7 Å². The quantitative estimate of drug-likeness (QED) is 0.309. The van der Waals surface area contributed by atoms with Gasteiger partial charge in [0.25, 0.3) is 0 Å². The molecule has 0 bridgehead atoms. The first-order valence-corrected chi connectivity index (χ1v) is 11.4. The minimum absolute atomic E-state index is 0.0334. The van der Waals surface area contributed by atoms with Crippen LogP contribution in [0.2, 0.25) is 0 Å². The minimum Gasteiger partial charge on any atom is -0.497 e. The van der Waals surface area contributed by atoms with Crippen LogP contribution < -0.4 is 4.74 Å². The normalized spacial score (nSPS) is 10.7. The molecule has 5 heteroatoms. The molecule has 174 valence electrons. The van der Waals surface area contributed by atoms with Crippen LogP contribution in [0.4, 0.5) is 0 Å². The molecule has 4 rings (SSSR count). The van der Waals surface area contributed by atoms with Crippen LogP contribution in [0.5, 0.6) is 5.75 Å². The number of hydrogen-bond acceptors (Lipinski definition) is 3. The van der Waals surface area contributed by atoms with E-state index in [-0.39, 0.29) is 12.5 Å². The number of carbonyl (C=O) groups is 1. The van der Waals surface area contributed by atoms with Crippen molar-refractivity contribution in [2.24, 2.45) is 0 Å². The van der Waals surface area contributed by atoms with E-state index < -0.39 is 0 Å². The number of nitrogens with zero attached hydrogens (tertiary/aromatic N) is 2. The standard InChI is InChI=1S/C29H30N2O3/c1-33-28-16-8-14-26(18-28)20-30-17-9-15-27(30)21-31(19-24-10-4-2-5-11-24)29(32)23-34-22-25-12-6-3-7-13-25/h2-18H,19-23H2,1H3. The second-order valence-corrected chi connectivity index (χ2v) is 8.19. The van der Waals surface area contributed by atoms with E-state index in [0.717, 1.165) is 28.1 Å². The molecule has 1 amide bonds. The van der Waals surface area contributed by atoms with Crippen molar-refractivity contribution < 1.29 is 14.3 Å². The molecule has 0 atom stereocenters. The van der Waals surface area contributed by atoms with Gasteiger partial charge in [0.05, 0.1) is 20.3 Å². The summed E-state index contributed by atoms with van der Waals surface area (Å²) in [7, 11) is 1.67. The zero-order chi connectivity index (χ0) is 23.6. The van der Waals surface area contributed by atoms with E-state index in [1.54, 1.807) is 7.11 Å². The Morgan fingerprint density at radius 2 is 1.50 bits per heavy atom. The predicted molar refractivity (Wildman–Crippen MR) is 133 cm³/mol. The molecule has 0 aliphatic heterocycles. The first kappa shape index (κ1) is 23.3. The molecule has 0 fully saturated rings. The van der Waals surface area contributed by atoms with Gasteiger partial charge in [0, 0.05) is 25.0 Å². The molecule has 0 radical (unpaired) electrons. The molecule has 0 saturated heterocycles. The molecule has 0 spiro atoms. The molecule has 3 aromatic carbocycles. The van der Waals surface area contributed by atoms with Gasteiger partial charge in [-0.3, -0.25) is 4.79 Å². The summed E-state index contributed by atoms with van der Waals surface area (Å²) in [4.78, 5) is 15.1. The highest BCUT2D eigenvalue weighted by Gasteiger charge is 2.17. The molecule has 0 unspecified atom stereocenters. The van der Waals surface area contributed by atoms with Crippen molar-refractivity contribution >= 4 is 5.91 Å². The van der Waals surface area contributed by atoms with Crippen LogP contribution in [0.1, 0.15) is 22.4 Å². The molecule has 0 saturated carbocycles. The molecular formula is C29H30N2O3. The maximum Gasteiger partial charge on any atom is 0.249 e. The number of benzene rings is 3. The Balaban J connectivity index is 1.46. The number of hydrogen-bond donors (Lipinski definition) is 0. The van der Waals surface area contributed by atoms with Gasteiger partial charge in [-0.2, -0.15) is 0 Å². The third-order valence-corrected chi connectivity index (χ3v) is 5.67. The Labute approximate surface area is 201 Å².